The third-order valence-electron chi connectivity index (χ3n) is 3.37. The molecule has 3 N–H and O–H groups in total. The number of nitrogens with zero attached hydrogens (tertiary/aromatic N) is 4. The van der Waals surface area contributed by atoms with Crippen molar-refractivity contribution in [3.63, 3.8) is 0 Å². The molecule has 0 unspecified atom stereocenters. The van der Waals surface area contributed by atoms with Gasteiger partial charge in [0, 0.05) is 24.3 Å². The Kier molecular flexibility index (Phi) is 2.82. The number of rotatable bonds is 3. The van der Waals surface area contributed by atoms with Crippen molar-refractivity contribution >= 4 is 39.5 Å². The molecule has 4 aromatic rings. The minimum Gasteiger partial charge on any atom is -0.371 e. The summed E-state index contributed by atoms with van der Waals surface area (Å²) in [6.07, 6.45) is 3.38. The number of aromatic amines is 1. The number of pyridine rings is 1. The zero-order valence-electron chi connectivity index (χ0n) is 11.8. The van der Waals surface area contributed by atoms with Crippen molar-refractivity contribution in [3.8, 4) is 0 Å². The fourth-order valence-electron chi connectivity index (χ4n) is 2.35. The second-order valence-corrected chi connectivity index (χ2v) is 4.78. The first-order valence-electron chi connectivity index (χ1n) is 6.84. The first kappa shape index (κ1) is 12.5. The Hall–Kier alpha value is -3.22. The lowest BCUT2D eigenvalue weighted by Gasteiger charge is -2.08. The summed E-state index contributed by atoms with van der Waals surface area (Å²) in [5.41, 5.74) is 3.26. The minimum absolute atomic E-state index is 0.504. The van der Waals surface area contributed by atoms with Gasteiger partial charge in [0.25, 0.3) is 0 Å². The van der Waals surface area contributed by atoms with E-state index in [4.69, 9.17) is 0 Å². The van der Waals surface area contributed by atoms with Gasteiger partial charge in [-0.25, -0.2) is 4.98 Å². The van der Waals surface area contributed by atoms with Crippen LogP contribution in [-0.2, 0) is 0 Å². The van der Waals surface area contributed by atoms with Gasteiger partial charge < -0.3 is 15.6 Å². The van der Waals surface area contributed by atoms with Gasteiger partial charge in [-0.15, -0.1) is 0 Å². The van der Waals surface area contributed by atoms with E-state index >= 15 is 0 Å². The van der Waals surface area contributed by atoms with Crippen LogP contribution in [0.3, 0.4) is 0 Å². The van der Waals surface area contributed by atoms with E-state index in [1.807, 2.05) is 37.4 Å². The fraction of sp³-hybridized carbons (Fsp3) is 0.0667. The molecule has 0 spiro atoms. The van der Waals surface area contributed by atoms with E-state index in [9.17, 15) is 0 Å². The highest BCUT2D eigenvalue weighted by atomic mass is 15.2. The van der Waals surface area contributed by atoms with E-state index < -0.39 is 0 Å². The van der Waals surface area contributed by atoms with Crippen LogP contribution in [0.5, 0.6) is 0 Å². The van der Waals surface area contributed by atoms with Crippen LogP contribution < -0.4 is 10.6 Å². The van der Waals surface area contributed by atoms with Crippen molar-refractivity contribution < 1.29 is 0 Å². The monoisotopic (exact) mass is 291 g/mol. The zero-order valence-corrected chi connectivity index (χ0v) is 11.8. The number of benzene rings is 1. The molecule has 0 saturated carbocycles. The van der Waals surface area contributed by atoms with Gasteiger partial charge in [0.1, 0.15) is 5.52 Å². The molecule has 0 radical (unpaired) electrons. The summed E-state index contributed by atoms with van der Waals surface area (Å²) in [4.78, 5) is 20.4. The number of aromatic nitrogens is 5. The average molecular weight is 291 g/mol. The van der Waals surface area contributed by atoms with Crippen molar-refractivity contribution in [2.75, 3.05) is 17.7 Å². The van der Waals surface area contributed by atoms with Crippen molar-refractivity contribution in [2.45, 2.75) is 0 Å². The van der Waals surface area contributed by atoms with Gasteiger partial charge >= 0.3 is 0 Å². The lowest BCUT2D eigenvalue weighted by atomic mass is 10.2. The van der Waals surface area contributed by atoms with E-state index in [2.05, 4.69) is 35.6 Å². The minimum atomic E-state index is 0.504. The lowest BCUT2D eigenvalue weighted by Crippen LogP contribution is -2.02. The summed E-state index contributed by atoms with van der Waals surface area (Å²) in [7, 11) is 1.81. The number of nitrogens with one attached hydrogen (secondary N) is 3. The van der Waals surface area contributed by atoms with Gasteiger partial charge in [-0.05, 0) is 24.3 Å². The summed E-state index contributed by atoms with van der Waals surface area (Å²) in [6.45, 7) is 0. The van der Waals surface area contributed by atoms with Crippen LogP contribution in [0, 0.1) is 0 Å². The molecular formula is C15H13N7. The maximum Gasteiger partial charge on any atom is 0.231 e. The summed E-state index contributed by atoms with van der Waals surface area (Å²) in [5.74, 6) is 1.18. The predicted octanol–water partition coefficient (Wildman–Crippen LogP) is 2.69. The van der Waals surface area contributed by atoms with Gasteiger partial charge in [0.2, 0.25) is 5.95 Å². The van der Waals surface area contributed by atoms with Crippen molar-refractivity contribution in [1.82, 2.24) is 24.9 Å². The molecule has 7 nitrogen and oxygen atoms in total. The quantitative estimate of drug-likeness (QED) is 0.537. The summed E-state index contributed by atoms with van der Waals surface area (Å²) >= 11 is 0. The van der Waals surface area contributed by atoms with Crippen LogP contribution in [0.15, 0.2) is 42.9 Å². The first-order chi connectivity index (χ1) is 10.8. The molecule has 108 valence electrons. The van der Waals surface area contributed by atoms with E-state index in [0.29, 0.717) is 17.4 Å². The molecule has 22 heavy (non-hydrogen) atoms. The van der Waals surface area contributed by atoms with Gasteiger partial charge in [-0.3, -0.25) is 4.98 Å². The number of hydrogen-bond donors (Lipinski definition) is 3. The third kappa shape index (κ3) is 2.08. The van der Waals surface area contributed by atoms with Crippen molar-refractivity contribution in [2.24, 2.45) is 0 Å². The SMILES string of the molecule is CNc1nc(Nc2ccc3ncccc3c2)nc2[nH]cnc12. The number of fused-ring (bicyclic) bond motifs is 2. The molecule has 0 aliphatic carbocycles. The summed E-state index contributed by atoms with van der Waals surface area (Å²) in [5, 5.41) is 7.30. The number of hydrogen-bond acceptors (Lipinski definition) is 6. The Morgan fingerprint density at radius 1 is 1.09 bits per heavy atom. The van der Waals surface area contributed by atoms with Crippen LogP contribution in [-0.4, -0.2) is 32.0 Å². The molecule has 0 atom stereocenters. The number of imidazole rings is 1. The summed E-state index contributed by atoms with van der Waals surface area (Å²) < 4.78 is 0. The second-order valence-electron chi connectivity index (χ2n) is 4.78. The average Bonchev–Trinajstić information content (AvgIpc) is 3.02. The number of H-pyrrole nitrogens is 1. The largest absolute Gasteiger partial charge is 0.371 e. The predicted molar refractivity (Wildman–Crippen MR) is 86.3 cm³/mol. The van der Waals surface area contributed by atoms with Gasteiger partial charge in [-0.2, -0.15) is 9.97 Å². The summed E-state index contributed by atoms with van der Waals surface area (Å²) in [6, 6.07) is 9.87. The van der Waals surface area contributed by atoms with E-state index in [1.165, 1.54) is 0 Å². The molecule has 3 aromatic heterocycles. The van der Waals surface area contributed by atoms with Crippen molar-refractivity contribution in [3.05, 3.63) is 42.9 Å². The Morgan fingerprint density at radius 3 is 2.95 bits per heavy atom. The van der Waals surface area contributed by atoms with Gasteiger partial charge in [0.15, 0.2) is 11.5 Å². The third-order valence-corrected chi connectivity index (χ3v) is 3.37. The van der Waals surface area contributed by atoms with E-state index in [-0.39, 0.29) is 0 Å². The molecule has 0 amide bonds. The van der Waals surface area contributed by atoms with Crippen LogP contribution in [0.4, 0.5) is 17.5 Å². The molecular weight excluding hydrogens is 278 g/mol. The van der Waals surface area contributed by atoms with E-state index in [1.54, 1.807) is 12.5 Å². The molecule has 0 saturated heterocycles. The van der Waals surface area contributed by atoms with Crippen molar-refractivity contribution in [1.29, 1.82) is 0 Å². The zero-order chi connectivity index (χ0) is 14.9. The first-order valence-corrected chi connectivity index (χ1v) is 6.84. The Labute approximate surface area is 125 Å². The normalized spacial score (nSPS) is 11.0. The maximum atomic E-state index is 4.44. The molecule has 1 aromatic carbocycles. The Morgan fingerprint density at radius 2 is 2.05 bits per heavy atom. The highest BCUT2D eigenvalue weighted by molar-refractivity contribution is 5.85. The van der Waals surface area contributed by atoms with E-state index in [0.717, 1.165) is 22.1 Å². The maximum absolute atomic E-state index is 4.44. The fourth-order valence-corrected chi connectivity index (χ4v) is 2.35. The second kappa shape index (κ2) is 4.96. The highest BCUT2D eigenvalue weighted by Gasteiger charge is 2.09. The van der Waals surface area contributed by atoms with Crippen LogP contribution >= 0.6 is 0 Å². The molecule has 4 rings (SSSR count). The van der Waals surface area contributed by atoms with Crippen LogP contribution in [0.1, 0.15) is 0 Å². The molecule has 0 aliphatic rings. The molecule has 0 aliphatic heterocycles. The molecule has 7 heteroatoms. The highest BCUT2D eigenvalue weighted by Crippen LogP contribution is 2.22. The topological polar surface area (TPSA) is 91.4 Å². The Balaban J connectivity index is 1.75. The van der Waals surface area contributed by atoms with Gasteiger partial charge in [0.05, 0.1) is 11.8 Å². The molecule has 0 bridgehead atoms. The lowest BCUT2D eigenvalue weighted by molar-refractivity contribution is 1.19. The standard InChI is InChI=1S/C15H13N7/c1-16-13-12-14(19-8-18-12)22-15(21-13)20-10-4-5-11-9(7-10)3-2-6-17-11/h2-8H,1H3,(H3,16,18,19,20,21,22). The smallest absolute Gasteiger partial charge is 0.231 e. The van der Waals surface area contributed by atoms with Gasteiger partial charge in [-0.1, -0.05) is 6.07 Å². The molecule has 3 heterocycles. The Bertz CT molecular complexity index is 960. The van der Waals surface area contributed by atoms with Crippen LogP contribution in [0.2, 0.25) is 0 Å². The molecule has 0 fully saturated rings. The van der Waals surface area contributed by atoms with Crippen LogP contribution in [0.25, 0.3) is 22.1 Å². The number of anilines is 3.